The minimum atomic E-state index is -0.988. The molecule has 0 spiro atoms. The number of hydrogen-bond donors (Lipinski definition) is 1. The summed E-state index contributed by atoms with van der Waals surface area (Å²) in [6, 6.07) is 3.82. The van der Waals surface area contributed by atoms with Crippen molar-refractivity contribution in [2.24, 2.45) is 0 Å². The Kier molecular flexibility index (Phi) is 7.29. The predicted octanol–water partition coefficient (Wildman–Crippen LogP) is 2.55. The van der Waals surface area contributed by atoms with Crippen molar-refractivity contribution in [1.29, 1.82) is 0 Å². The Hall–Kier alpha value is -0.646. The van der Waals surface area contributed by atoms with E-state index >= 15 is 0 Å². The van der Waals surface area contributed by atoms with Crippen molar-refractivity contribution >= 4 is 23.4 Å². The van der Waals surface area contributed by atoms with Crippen LogP contribution >= 0.6 is 11.6 Å². The van der Waals surface area contributed by atoms with Crippen molar-refractivity contribution < 1.29 is 40.0 Å². The number of rotatable bonds is 3. The molecule has 3 nitrogen and oxygen atoms in total. The Labute approximate surface area is 111 Å². The van der Waals surface area contributed by atoms with Crippen LogP contribution in [0.2, 0.25) is 0 Å². The Morgan fingerprint density at radius 1 is 1.50 bits per heavy atom. The average Bonchev–Trinajstić information content (AvgIpc) is 2.19. The number of nitrogens with one attached hydrogen (secondary N) is 1. The fourth-order valence-electron chi connectivity index (χ4n) is 0.817. The molecule has 86 valence electrons. The first-order valence-electron chi connectivity index (χ1n) is 4.00. The first-order valence-corrected chi connectivity index (χ1v) is 4.54. The van der Waals surface area contributed by atoms with E-state index in [0.717, 1.165) is 12.1 Å². The number of anilines is 1. The van der Waals surface area contributed by atoms with Crippen molar-refractivity contribution in [2.75, 3.05) is 17.8 Å². The largest absolute Gasteiger partial charge is 0.449 e. The molecule has 0 bridgehead atoms. The van der Waals surface area contributed by atoms with Crippen molar-refractivity contribution in [3.63, 3.8) is 0 Å². The quantitative estimate of drug-likeness (QED) is 0.526. The van der Waals surface area contributed by atoms with E-state index in [4.69, 9.17) is 11.6 Å². The van der Waals surface area contributed by atoms with E-state index in [1.165, 1.54) is 0 Å². The predicted molar refractivity (Wildman–Crippen MR) is 50.9 cm³/mol. The maximum atomic E-state index is 12.9. The summed E-state index contributed by atoms with van der Waals surface area (Å²) in [5.74, 6) is -1.68. The second-order valence-electron chi connectivity index (χ2n) is 2.48. The number of carbonyl (C=O) groups is 1. The number of hydrogen-bond acceptors (Lipinski definition) is 2. The summed E-state index contributed by atoms with van der Waals surface area (Å²) in [5, 5.41) is 2.08. The molecule has 0 aromatic heterocycles. The molecule has 0 heterocycles. The Morgan fingerprint density at radius 2 is 2.19 bits per heavy atom. The van der Waals surface area contributed by atoms with E-state index in [-0.39, 0.29) is 39.9 Å². The molecule has 7 heteroatoms. The maximum absolute atomic E-state index is 12.9. The maximum Gasteiger partial charge on any atom is 0.400 e. The van der Waals surface area contributed by atoms with E-state index in [9.17, 15) is 13.6 Å². The van der Waals surface area contributed by atoms with Gasteiger partial charge in [0.15, 0.2) is 0 Å². The molecular weight excluding hydrogens is 275 g/mol. The van der Waals surface area contributed by atoms with Gasteiger partial charge in [-0.1, -0.05) is 0 Å². The molecule has 0 aliphatic heterocycles. The van der Waals surface area contributed by atoms with Gasteiger partial charge in [-0.05, 0) is 5.69 Å². The number of ether oxygens (including phenoxy) is 1. The summed E-state index contributed by atoms with van der Waals surface area (Å²) < 4.78 is 29.9. The van der Waals surface area contributed by atoms with Gasteiger partial charge in [0.25, 0.3) is 0 Å². The minimum absolute atomic E-state index is 0. The molecule has 0 atom stereocenters. The standard InChI is InChI=1S/C9H7ClF2NO2.Ti/c10-3-4-15-9(14)13-8-2-1-6(11)5-7(8)12;/h1-2H,3-4H2,(H,13,14);/q-1;. The summed E-state index contributed by atoms with van der Waals surface area (Å²) in [7, 11) is 0. The molecular formula is C9H7ClF2NO2Ti-. The zero-order chi connectivity index (χ0) is 11.3. The van der Waals surface area contributed by atoms with Gasteiger partial charge in [0.1, 0.15) is 6.61 Å². The van der Waals surface area contributed by atoms with Gasteiger partial charge in [-0.2, -0.15) is 0 Å². The summed E-state index contributed by atoms with van der Waals surface area (Å²) >= 11 is 5.27. The normalized spacial score (nSPS) is 9.19. The Morgan fingerprint density at radius 3 is 2.75 bits per heavy atom. The minimum Gasteiger partial charge on any atom is -0.449 e. The monoisotopic (exact) mass is 282 g/mol. The van der Waals surface area contributed by atoms with E-state index in [1.807, 2.05) is 0 Å². The van der Waals surface area contributed by atoms with E-state index in [2.05, 4.69) is 10.1 Å². The summed E-state index contributed by atoms with van der Waals surface area (Å²) in [6.45, 7) is 0.0138. The molecule has 0 aliphatic carbocycles. The first-order chi connectivity index (χ1) is 7.13. The topological polar surface area (TPSA) is 38.3 Å². The second kappa shape index (κ2) is 7.60. The van der Waals surface area contributed by atoms with Gasteiger partial charge in [0.05, 0.1) is 5.88 Å². The van der Waals surface area contributed by atoms with Gasteiger partial charge in [0, 0.05) is 33.4 Å². The number of amides is 1. The van der Waals surface area contributed by atoms with Gasteiger partial charge < -0.3 is 10.1 Å². The fraction of sp³-hybridized carbons (Fsp3) is 0.222. The molecule has 0 saturated heterocycles. The van der Waals surface area contributed by atoms with Gasteiger partial charge >= 0.3 is 6.09 Å². The van der Waals surface area contributed by atoms with E-state index < -0.39 is 17.7 Å². The van der Waals surface area contributed by atoms with Crippen LogP contribution in [0.3, 0.4) is 0 Å². The average molecular weight is 282 g/mol. The molecule has 1 amide bonds. The Balaban J connectivity index is 0.00000225. The molecule has 0 fully saturated rings. The second-order valence-corrected chi connectivity index (χ2v) is 2.86. The molecule has 1 aromatic rings. The zero-order valence-electron chi connectivity index (χ0n) is 8.02. The summed E-state index contributed by atoms with van der Waals surface area (Å²) in [5.41, 5.74) is -0.198. The zero-order valence-corrected chi connectivity index (χ0v) is 10.3. The van der Waals surface area contributed by atoms with Gasteiger partial charge in [-0.3, -0.25) is 0 Å². The van der Waals surface area contributed by atoms with Crippen LogP contribution in [0.4, 0.5) is 19.3 Å². The van der Waals surface area contributed by atoms with Crippen molar-refractivity contribution in [3.05, 3.63) is 29.8 Å². The van der Waals surface area contributed by atoms with Crippen LogP contribution in [0.5, 0.6) is 0 Å². The third-order valence-corrected chi connectivity index (χ3v) is 1.56. The van der Waals surface area contributed by atoms with Crippen LogP contribution in [0, 0.1) is 17.7 Å². The van der Waals surface area contributed by atoms with Crippen molar-refractivity contribution in [3.8, 4) is 0 Å². The molecule has 1 N–H and O–H groups in total. The van der Waals surface area contributed by atoms with Crippen LogP contribution in [0.25, 0.3) is 0 Å². The number of halogens is 3. The molecule has 0 unspecified atom stereocenters. The van der Waals surface area contributed by atoms with E-state index in [0.29, 0.717) is 0 Å². The number of benzene rings is 1. The molecule has 0 radical (unpaired) electrons. The molecule has 0 saturated carbocycles. The summed E-state index contributed by atoms with van der Waals surface area (Å²) in [6.07, 6.45) is -0.852. The molecule has 0 aliphatic rings. The van der Waals surface area contributed by atoms with Crippen LogP contribution < -0.4 is 5.32 Å². The van der Waals surface area contributed by atoms with Crippen LogP contribution in [-0.4, -0.2) is 18.6 Å². The van der Waals surface area contributed by atoms with Gasteiger partial charge in [0.2, 0.25) is 0 Å². The van der Waals surface area contributed by atoms with Crippen LogP contribution in [-0.2, 0) is 26.5 Å². The first kappa shape index (κ1) is 15.4. The molecule has 1 aromatic carbocycles. The smallest absolute Gasteiger partial charge is 0.400 e. The van der Waals surface area contributed by atoms with Crippen molar-refractivity contribution in [2.45, 2.75) is 0 Å². The van der Waals surface area contributed by atoms with E-state index in [1.54, 1.807) is 6.07 Å². The third-order valence-electron chi connectivity index (χ3n) is 1.41. The summed E-state index contributed by atoms with van der Waals surface area (Å²) in [4.78, 5) is 10.9. The third kappa shape index (κ3) is 4.92. The van der Waals surface area contributed by atoms with Gasteiger partial charge in [-0.25, -0.2) is 13.6 Å². The number of carbonyl (C=O) groups excluding carboxylic acids is 1. The van der Waals surface area contributed by atoms with Crippen LogP contribution in [0.1, 0.15) is 0 Å². The fourth-order valence-corrected chi connectivity index (χ4v) is 0.895. The molecule has 16 heavy (non-hydrogen) atoms. The molecule has 1 rings (SSSR count). The van der Waals surface area contributed by atoms with Crippen LogP contribution in [0.15, 0.2) is 12.1 Å². The van der Waals surface area contributed by atoms with Crippen molar-refractivity contribution in [1.82, 2.24) is 0 Å². The Bertz CT molecular complexity index is 365. The SMILES string of the molecule is O=C(Nc1ccc(F)[c-]c1F)OCCCl.[Ti]. The number of alkyl halides is 1. The van der Waals surface area contributed by atoms with Gasteiger partial charge in [-0.15, -0.1) is 29.8 Å².